The number of aliphatic hydroxyl groups excluding tert-OH is 3. The minimum Gasteiger partial charge on any atom is -0.493 e. The quantitative estimate of drug-likeness (QED) is 0.265. The summed E-state index contributed by atoms with van der Waals surface area (Å²) >= 11 is 2.00. The second-order valence-electron chi connectivity index (χ2n) is 10.3. The number of benzene rings is 2. The third-order valence-corrected chi connectivity index (χ3v) is 8.01. The minimum atomic E-state index is -4.56. The highest BCUT2D eigenvalue weighted by molar-refractivity contribution is 14.1. The van der Waals surface area contributed by atoms with Gasteiger partial charge in [0.25, 0.3) is 5.91 Å². The summed E-state index contributed by atoms with van der Waals surface area (Å²) in [5.74, 6) is -0.389. The van der Waals surface area contributed by atoms with Gasteiger partial charge in [-0.2, -0.15) is 13.2 Å². The average Bonchev–Trinajstić information content (AvgIpc) is 3.80. The lowest BCUT2D eigenvalue weighted by Crippen LogP contribution is -2.55. The van der Waals surface area contributed by atoms with E-state index in [0.717, 1.165) is 37.1 Å². The van der Waals surface area contributed by atoms with E-state index in [-0.39, 0.29) is 61.3 Å². The van der Waals surface area contributed by atoms with E-state index in [2.05, 4.69) is 5.32 Å². The Labute approximate surface area is 254 Å². The fourth-order valence-electron chi connectivity index (χ4n) is 4.81. The number of ether oxygens (including phenoxy) is 2. The topological polar surface area (TPSA) is 129 Å². The van der Waals surface area contributed by atoms with Gasteiger partial charge in [0, 0.05) is 30.6 Å². The Morgan fingerprint density at radius 3 is 2.40 bits per heavy atom. The highest BCUT2D eigenvalue weighted by Gasteiger charge is 2.43. The number of hydrogen-bond acceptors (Lipinski definition) is 7. The van der Waals surface area contributed by atoms with Crippen molar-refractivity contribution in [2.45, 2.75) is 50.3 Å². The molecule has 2 aromatic rings. The Balaban J connectivity index is 1.70. The van der Waals surface area contributed by atoms with Gasteiger partial charge < -0.3 is 35.0 Å². The molecule has 0 aromatic heterocycles. The van der Waals surface area contributed by atoms with Crippen LogP contribution in [0.1, 0.15) is 40.7 Å². The van der Waals surface area contributed by atoms with E-state index >= 15 is 0 Å². The van der Waals surface area contributed by atoms with Crippen molar-refractivity contribution < 1.29 is 47.6 Å². The maximum Gasteiger partial charge on any atom is 0.416 e. The van der Waals surface area contributed by atoms with Crippen molar-refractivity contribution >= 4 is 34.4 Å². The van der Waals surface area contributed by atoms with Crippen molar-refractivity contribution in [2.75, 3.05) is 26.8 Å². The summed E-state index contributed by atoms with van der Waals surface area (Å²) in [4.78, 5) is 28.2. The van der Waals surface area contributed by atoms with E-state index in [1.165, 1.54) is 18.1 Å². The lowest BCUT2D eigenvalue weighted by atomic mass is 9.87. The Kier molecular flexibility index (Phi) is 10.4. The maximum absolute atomic E-state index is 13.7. The molecule has 4 rings (SSSR count). The molecule has 13 heteroatoms. The molecular weight excluding hydrogens is 672 g/mol. The number of halogens is 4. The third kappa shape index (κ3) is 7.54. The van der Waals surface area contributed by atoms with Crippen LogP contribution in [0.2, 0.25) is 0 Å². The van der Waals surface area contributed by atoms with Crippen LogP contribution in [0.4, 0.5) is 13.2 Å². The van der Waals surface area contributed by atoms with Crippen molar-refractivity contribution in [3.8, 4) is 11.5 Å². The standard InChI is InChI=1S/C29H32F3IN2O7/c1-41-24-11-17(15-37)10-21(33)26(24)42-23-13-19(27(39)34-8-9-36)12-22(25(23)38)35(14-16-2-3-16)28(40)18-4-6-20(7-5-18)29(30,31)32/h4-7,10-11,13,16,22-23,25,36-38H,2-3,8-9,12,14-15H2,1H3,(H,34,39). The van der Waals surface area contributed by atoms with E-state index in [9.17, 15) is 38.1 Å². The molecule has 1 fully saturated rings. The number of aliphatic hydroxyl groups is 3. The molecule has 1 saturated carbocycles. The molecule has 0 radical (unpaired) electrons. The first-order valence-corrected chi connectivity index (χ1v) is 14.4. The predicted octanol–water partition coefficient (Wildman–Crippen LogP) is 3.28. The van der Waals surface area contributed by atoms with Crippen LogP contribution in [0.3, 0.4) is 0 Å². The molecule has 2 amide bonds. The molecular formula is C29H32F3IN2O7. The number of carbonyl (C=O) groups excluding carboxylic acids is 2. The van der Waals surface area contributed by atoms with E-state index < -0.39 is 41.8 Å². The van der Waals surface area contributed by atoms with Gasteiger partial charge in [-0.15, -0.1) is 0 Å². The van der Waals surface area contributed by atoms with Gasteiger partial charge in [-0.1, -0.05) is 0 Å². The summed E-state index contributed by atoms with van der Waals surface area (Å²) in [6.45, 7) is -0.304. The molecule has 3 unspecified atom stereocenters. The molecule has 3 atom stereocenters. The second kappa shape index (κ2) is 13.6. The average molecular weight is 704 g/mol. The van der Waals surface area contributed by atoms with Crippen molar-refractivity contribution in [1.82, 2.24) is 10.2 Å². The zero-order chi connectivity index (χ0) is 30.6. The van der Waals surface area contributed by atoms with Gasteiger partial charge in [0.15, 0.2) is 11.5 Å². The molecule has 2 aliphatic rings. The van der Waals surface area contributed by atoms with Crippen LogP contribution in [0.25, 0.3) is 0 Å². The molecule has 0 saturated heterocycles. The summed E-state index contributed by atoms with van der Waals surface area (Å²) in [7, 11) is 1.42. The van der Waals surface area contributed by atoms with Gasteiger partial charge in [-0.05, 0) is 89.4 Å². The molecule has 42 heavy (non-hydrogen) atoms. The summed E-state index contributed by atoms with van der Waals surface area (Å²) in [5, 5.41) is 33.0. The minimum absolute atomic E-state index is 0.0144. The van der Waals surface area contributed by atoms with E-state index in [1.54, 1.807) is 12.1 Å². The summed E-state index contributed by atoms with van der Waals surface area (Å²) in [6, 6.07) is 6.19. The predicted molar refractivity (Wildman–Crippen MR) is 154 cm³/mol. The molecule has 4 N–H and O–H groups in total. The van der Waals surface area contributed by atoms with Crippen molar-refractivity contribution in [1.29, 1.82) is 0 Å². The van der Waals surface area contributed by atoms with E-state index in [1.807, 2.05) is 22.6 Å². The van der Waals surface area contributed by atoms with Gasteiger partial charge in [0.1, 0.15) is 12.2 Å². The Bertz CT molecular complexity index is 1320. The smallest absolute Gasteiger partial charge is 0.416 e. The zero-order valence-corrected chi connectivity index (χ0v) is 24.9. The normalized spacial score (nSPS) is 20.5. The largest absolute Gasteiger partial charge is 0.493 e. The van der Waals surface area contributed by atoms with Crippen molar-refractivity contribution in [2.24, 2.45) is 5.92 Å². The number of rotatable bonds is 11. The lowest BCUT2D eigenvalue weighted by Gasteiger charge is -2.41. The van der Waals surface area contributed by atoms with Gasteiger partial charge in [0.2, 0.25) is 5.91 Å². The first-order chi connectivity index (χ1) is 20.0. The molecule has 0 spiro atoms. The lowest BCUT2D eigenvalue weighted by molar-refractivity contribution is -0.137. The summed E-state index contributed by atoms with van der Waals surface area (Å²) in [6.07, 6.45) is -3.89. The fourth-order valence-corrected chi connectivity index (χ4v) is 5.60. The fraction of sp³-hybridized carbons (Fsp3) is 0.448. The second-order valence-corrected chi connectivity index (χ2v) is 11.4. The van der Waals surface area contributed by atoms with Gasteiger partial charge in [0.05, 0.1) is 35.5 Å². The molecule has 0 heterocycles. The molecule has 9 nitrogen and oxygen atoms in total. The number of carbonyl (C=O) groups is 2. The number of methoxy groups -OCH3 is 1. The van der Waals surface area contributed by atoms with Gasteiger partial charge in [-0.3, -0.25) is 9.59 Å². The van der Waals surface area contributed by atoms with Crippen LogP contribution in [0.5, 0.6) is 11.5 Å². The number of hydrogen-bond donors (Lipinski definition) is 4. The zero-order valence-electron chi connectivity index (χ0n) is 22.7. The van der Waals surface area contributed by atoms with Gasteiger partial charge in [-0.25, -0.2) is 0 Å². The van der Waals surface area contributed by atoms with Crippen LogP contribution in [0.15, 0.2) is 48.0 Å². The molecule has 228 valence electrons. The van der Waals surface area contributed by atoms with Crippen molar-refractivity contribution in [3.05, 3.63) is 68.3 Å². The SMILES string of the molecule is COc1cc(CO)cc(I)c1OC1C=C(C(=O)NCCO)CC(N(CC2CC2)C(=O)c2ccc(C(F)(F)F)cc2)C1O. The van der Waals surface area contributed by atoms with Crippen LogP contribution in [-0.2, 0) is 17.6 Å². The van der Waals surface area contributed by atoms with Crippen LogP contribution in [-0.4, -0.2) is 77.1 Å². The number of alkyl halides is 3. The van der Waals surface area contributed by atoms with E-state index in [4.69, 9.17) is 9.47 Å². The highest BCUT2D eigenvalue weighted by Crippen LogP contribution is 2.39. The van der Waals surface area contributed by atoms with E-state index in [0.29, 0.717) is 9.13 Å². The molecule has 0 bridgehead atoms. The Morgan fingerprint density at radius 1 is 1.14 bits per heavy atom. The number of amides is 2. The van der Waals surface area contributed by atoms with Crippen LogP contribution < -0.4 is 14.8 Å². The number of nitrogens with one attached hydrogen (secondary N) is 1. The van der Waals surface area contributed by atoms with Crippen LogP contribution >= 0.6 is 22.6 Å². The van der Waals surface area contributed by atoms with Gasteiger partial charge >= 0.3 is 6.18 Å². The maximum atomic E-state index is 13.7. The summed E-state index contributed by atoms with van der Waals surface area (Å²) < 4.78 is 51.6. The molecule has 0 aliphatic heterocycles. The number of nitrogens with zero attached hydrogens (tertiary/aromatic N) is 1. The summed E-state index contributed by atoms with van der Waals surface area (Å²) in [5.41, 5.74) is -0.0841. The van der Waals surface area contributed by atoms with Crippen LogP contribution in [0, 0.1) is 9.49 Å². The first-order valence-electron chi connectivity index (χ1n) is 13.4. The Hall–Kier alpha value is -2.88. The monoisotopic (exact) mass is 704 g/mol. The Morgan fingerprint density at radius 2 is 1.83 bits per heavy atom. The van der Waals surface area contributed by atoms with Crippen molar-refractivity contribution in [3.63, 3.8) is 0 Å². The third-order valence-electron chi connectivity index (χ3n) is 7.21. The first kappa shape index (κ1) is 32.0. The molecule has 2 aliphatic carbocycles. The highest BCUT2D eigenvalue weighted by atomic mass is 127. The molecule has 2 aromatic carbocycles.